The summed E-state index contributed by atoms with van der Waals surface area (Å²) in [5.41, 5.74) is 1.92. The van der Waals surface area contributed by atoms with Crippen molar-refractivity contribution >= 4 is 6.09 Å². The van der Waals surface area contributed by atoms with E-state index >= 15 is 0 Å². The van der Waals surface area contributed by atoms with Crippen LogP contribution in [0.3, 0.4) is 0 Å². The predicted molar refractivity (Wildman–Crippen MR) is 79.6 cm³/mol. The Morgan fingerprint density at radius 1 is 1.18 bits per heavy atom. The molecular formula is C17H15FN2O2. The first kappa shape index (κ1) is 15.5. The highest BCUT2D eigenvalue weighted by atomic mass is 19.1. The Morgan fingerprint density at radius 3 is 2.45 bits per heavy atom. The summed E-state index contributed by atoms with van der Waals surface area (Å²) in [7, 11) is 0. The van der Waals surface area contributed by atoms with Crippen LogP contribution in [0.15, 0.2) is 54.6 Å². The minimum absolute atomic E-state index is 0.124. The molecule has 0 aliphatic carbocycles. The molecule has 0 bridgehead atoms. The van der Waals surface area contributed by atoms with Crippen molar-refractivity contribution in [2.24, 2.45) is 0 Å². The van der Waals surface area contributed by atoms with Crippen molar-refractivity contribution in [1.82, 2.24) is 5.32 Å². The molecule has 1 atom stereocenters. The molecule has 0 aliphatic rings. The highest BCUT2D eigenvalue weighted by Crippen LogP contribution is 2.15. The maximum atomic E-state index is 13.1. The van der Waals surface area contributed by atoms with Gasteiger partial charge in [-0.2, -0.15) is 5.26 Å². The number of nitrogens with zero attached hydrogens (tertiary/aromatic N) is 1. The Bertz CT molecular complexity index is 651. The summed E-state index contributed by atoms with van der Waals surface area (Å²) in [6.07, 6.45) is -0.684. The smallest absolute Gasteiger partial charge is 0.408 e. The third kappa shape index (κ3) is 4.32. The Labute approximate surface area is 128 Å². The lowest BCUT2D eigenvalue weighted by molar-refractivity contribution is 0.133. The summed E-state index contributed by atoms with van der Waals surface area (Å²) >= 11 is 0. The number of ether oxygens (including phenoxy) is 1. The van der Waals surface area contributed by atoms with Gasteiger partial charge >= 0.3 is 6.09 Å². The molecule has 22 heavy (non-hydrogen) atoms. The van der Waals surface area contributed by atoms with E-state index in [1.165, 1.54) is 0 Å². The average Bonchev–Trinajstić information content (AvgIpc) is 2.59. The van der Waals surface area contributed by atoms with E-state index in [4.69, 9.17) is 10.00 Å². The summed E-state index contributed by atoms with van der Waals surface area (Å²) in [6, 6.07) is 16.8. The summed E-state index contributed by atoms with van der Waals surface area (Å²) in [4.78, 5) is 11.7. The van der Waals surface area contributed by atoms with Crippen LogP contribution in [0.1, 0.15) is 22.7 Å². The number of nitriles is 1. The maximum absolute atomic E-state index is 13.1. The van der Waals surface area contributed by atoms with Gasteiger partial charge in [-0.25, -0.2) is 9.18 Å². The number of alkyl carbamates (subject to hydrolysis) is 1. The quantitative estimate of drug-likeness (QED) is 0.919. The van der Waals surface area contributed by atoms with Crippen molar-refractivity contribution in [2.45, 2.75) is 12.6 Å². The van der Waals surface area contributed by atoms with Crippen LogP contribution < -0.4 is 5.32 Å². The van der Waals surface area contributed by atoms with E-state index < -0.39 is 18.8 Å². The van der Waals surface area contributed by atoms with E-state index in [0.717, 1.165) is 5.56 Å². The standard InChI is InChI=1S/C17H15FN2O2/c18-10-16(15-8-6-13(11-19)7-9-15)20-17(21)22-12-14-4-2-1-3-5-14/h1-9,16H,10,12H2,(H,20,21). The van der Waals surface area contributed by atoms with Crippen LogP contribution in [0.2, 0.25) is 0 Å². The van der Waals surface area contributed by atoms with Crippen LogP contribution in [0.25, 0.3) is 0 Å². The lowest BCUT2D eigenvalue weighted by Gasteiger charge is -2.16. The van der Waals surface area contributed by atoms with E-state index in [1.807, 2.05) is 36.4 Å². The van der Waals surface area contributed by atoms with Crippen molar-refractivity contribution < 1.29 is 13.9 Å². The summed E-state index contributed by atoms with van der Waals surface area (Å²) < 4.78 is 18.2. The monoisotopic (exact) mass is 298 g/mol. The average molecular weight is 298 g/mol. The number of amides is 1. The number of rotatable bonds is 5. The summed E-state index contributed by atoms with van der Waals surface area (Å²) in [5.74, 6) is 0. The predicted octanol–water partition coefficient (Wildman–Crippen LogP) is 3.50. The van der Waals surface area contributed by atoms with E-state index in [9.17, 15) is 9.18 Å². The van der Waals surface area contributed by atoms with Gasteiger partial charge in [0, 0.05) is 0 Å². The number of benzene rings is 2. The number of alkyl halides is 1. The molecule has 0 saturated carbocycles. The number of carbonyl (C=O) groups excluding carboxylic acids is 1. The lowest BCUT2D eigenvalue weighted by Crippen LogP contribution is -2.30. The first-order valence-corrected chi connectivity index (χ1v) is 6.76. The van der Waals surface area contributed by atoms with Crippen molar-refractivity contribution in [1.29, 1.82) is 5.26 Å². The highest BCUT2D eigenvalue weighted by Gasteiger charge is 2.15. The Hall–Kier alpha value is -2.87. The van der Waals surface area contributed by atoms with E-state index in [2.05, 4.69) is 5.32 Å². The Balaban J connectivity index is 1.91. The topological polar surface area (TPSA) is 62.1 Å². The number of nitrogens with one attached hydrogen (secondary N) is 1. The molecule has 5 heteroatoms. The third-order valence-electron chi connectivity index (χ3n) is 3.10. The molecule has 0 fully saturated rings. The SMILES string of the molecule is N#Cc1ccc(C(CF)NC(=O)OCc2ccccc2)cc1. The zero-order valence-electron chi connectivity index (χ0n) is 11.8. The van der Waals surface area contributed by atoms with Gasteiger partial charge in [-0.1, -0.05) is 42.5 Å². The van der Waals surface area contributed by atoms with Gasteiger partial charge in [-0.3, -0.25) is 0 Å². The van der Waals surface area contributed by atoms with Gasteiger partial charge in [-0.05, 0) is 23.3 Å². The van der Waals surface area contributed by atoms with Gasteiger partial charge in [0.1, 0.15) is 13.3 Å². The van der Waals surface area contributed by atoms with Crippen molar-refractivity contribution in [3.63, 3.8) is 0 Å². The molecule has 0 aromatic heterocycles. The Kier molecular flexibility index (Phi) is 5.50. The van der Waals surface area contributed by atoms with E-state index in [-0.39, 0.29) is 6.61 Å². The van der Waals surface area contributed by atoms with Gasteiger partial charge in [0.2, 0.25) is 0 Å². The first-order valence-electron chi connectivity index (χ1n) is 6.76. The molecule has 0 radical (unpaired) electrons. The third-order valence-corrected chi connectivity index (χ3v) is 3.10. The fraction of sp³-hybridized carbons (Fsp3) is 0.176. The minimum atomic E-state index is -0.795. The molecule has 0 saturated heterocycles. The second-order valence-electron chi connectivity index (χ2n) is 4.65. The molecule has 4 nitrogen and oxygen atoms in total. The molecular weight excluding hydrogens is 283 g/mol. The molecule has 112 valence electrons. The summed E-state index contributed by atoms with van der Waals surface area (Å²) in [5, 5.41) is 11.2. The number of carbonyl (C=O) groups is 1. The van der Waals surface area contributed by atoms with Gasteiger partial charge in [0.15, 0.2) is 0 Å². The first-order chi connectivity index (χ1) is 10.7. The van der Waals surface area contributed by atoms with Crippen molar-refractivity contribution in [2.75, 3.05) is 6.67 Å². The lowest BCUT2D eigenvalue weighted by atomic mass is 10.1. The second kappa shape index (κ2) is 7.79. The zero-order chi connectivity index (χ0) is 15.8. The van der Waals surface area contributed by atoms with Gasteiger partial charge in [0.25, 0.3) is 0 Å². The maximum Gasteiger partial charge on any atom is 0.408 e. The van der Waals surface area contributed by atoms with Crippen LogP contribution in [0.4, 0.5) is 9.18 Å². The molecule has 0 spiro atoms. The number of halogens is 1. The molecule has 0 aliphatic heterocycles. The molecule has 2 aromatic rings. The number of hydrogen-bond donors (Lipinski definition) is 1. The normalized spacial score (nSPS) is 11.3. The minimum Gasteiger partial charge on any atom is -0.445 e. The van der Waals surface area contributed by atoms with Crippen LogP contribution in [-0.2, 0) is 11.3 Å². The summed E-state index contributed by atoms with van der Waals surface area (Å²) in [6.45, 7) is -0.634. The van der Waals surface area contributed by atoms with E-state index in [0.29, 0.717) is 11.1 Å². The molecule has 2 rings (SSSR count). The fourth-order valence-corrected chi connectivity index (χ4v) is 1.91. The van der Waals surface area contributed by atoms with Gasteiger partial charge < -0.3 is 10.1 Å². The zero-order valence-corrected chi connectivity index (χ0v) is 11.8. The van der Waals surface area contributed by atoms with Crippen LogP contribution in [0, 0.1) is 11.3 Å². The molecule has 0 heterocycles. The van der Waals surface area contributed by atoms with Crippen LogP contribution >= 0.6 is 0 Å². The van der Waals surface area contributed by atoms with Crippen molar-refractivity contribution in [3.8, 4) is 6.07 Å². The fourth-order valence-electron chi connectivity index (χ4n) is 1.91. The molecule has 1 N–H and O–H groups in total. The largest absolute Gasteiger partial charge is 0.445 e. The van der Waals surface area contributed by atoms with Crippen LogP contribution in [-0.4, -0.2) is 12.8 Å². The Morgan fingerprint density at radius 2 is 1.86 bits per heavy atom. The van der Waals surface area contributed by atoms with Gasteiger partial charge in [-0.15, -0.1) is 0 Å². The molecule has 1 unspecified atom stereocenters. The highest BCUT2D eigenvalue weighted by molar-refractivity contribution is 5.68. The van der Waals surface area contributed by atoms with E-state index in [1.54, 1.807) is 24.3 Å². The molecule has 1 amide bonds. The van der Waals surface area contributed by atoms with Gasteiger partial charge in [0.05, 0.1) is 17.7 Å². The number of hydrogen-bond acceptors (Lipinski definition) is 3. The molecule has 2 aromatic carbocycles. The second-order valence-corrected chi connectivity index (χ2v) is 4.65. The van der Waals surface area contributed by atoms with Crippen molar-refractivity contribution in [3.05, 3.63) is 71.3 Å². The van der Waals surface area contributed by atoms with Crippen LogP contribution in [0.5, 0.6) is 0 Å².